The summed E-state index contributed by atoms with van der Waals surface area (Å²) in [6, 6.07) is 7.81. The maximum absolute atomic E-state index is 13.6. The van der Waals surface area contributed by atoms with Crippen LogP contribution in [0, 0.1) is 0 Å². The van der Waals surface area contributed by atoms with E-state index in [1.807, 2.05) is 0 Å². The third-order valence-electron chi connectivity index (χ3n) is 7.02. The van der Waals surface area contributed by atoms with Crippen molar-refractivity contribution in [3.63, 3.8) is 0 Å². The van der Waals surface area contributed by atoms with E-state index >= 15 is 0 Å². The van der Waals surface area contributed by atoms with Crippen LogP contribution in [0.25, 0.3) is 0 Å². The molecule has 5 rings (SSSR count). The molecule has 0 radical (unpaired) electrons. The summed E-state index contributed by atoms with van der Waals surface area (Å²) in [4.78, 5) is 28.5. The van der Waals surface area contributed by atoms with Crippen LogP contribution in [0.4, 0.5) is 18.9 Å². The van der Waals surface area contributed by atoms with E-state index in [1.54, 1.807) is 11.0 Å². The molecular weight excluding hydrogens is 495 g/mol. The summed E-state index contributed by atoms with van der Waals surface area (Å²) in [5, 5.41) is 10.4. The topological polar surface area (TPSA) is 66.8 Å². The van der Waals surface area contributed by atoms with E-state index in [9.17, 15) is 27.9 Å². The SMILES string of the molecule is COc1cc(C2C3=C(CCCC3=O)N(c3cccc(C(F)(F)F)c3)C3=C2C(=O)CCC3)c(Cl)cc1O. The summed E-state index contributed by atoms with van der Waals surface area (Å²) in [7, 11) is 1.38. The molecule has 188 valence electrons. The molecule has 0 atom stereocenters. The van der Waals surface area contributed by atoms with Gasteiger partial charge in [0.1, 0.15) is 0 Å². The van der Waals surface area contributed by atoms with E-state index in [4.69, 9.17) is 16.3 Å². The number of rotatable bonds is 3. The number of nitrogens with zero attached hydrogens (tertiary/aromatic N) is 1. The Morgan fingerprint density at radius 2 is 1.58 bits per heavy atom. The Morgan fingerprint density at radius 3 is 2.14 bits per heavy atom. The molecule has 36 heavy (non-hydrogen) atoms. The monoisotopic (exact) mass is 517 g/mol. The summed E-state index contributed by atoms with van der Waals surface area (Å²) in [6.45, 7) is 0. The van der Waals surface area contributed by atoms with Crippen molar-refractivity contribution >= 4 is 28.9 Å². The number of halogens is 4. The van der Waals surface area contributed by atoms with E-state index in [0.29, 0.717) is 53.8 Å². The Kier molecular flexibility index (Phi) is 6.11. The Morgan fingerprint density at radius 1 is 0.972 bits per heavy atom. The predicted molar refractivity (Wildman–Crippen MR) is 128 cm³/mol. The van der Waals surface area contributed by atoms with Crippen LogP contribution in [0.2, 0.25) is 5.02 Å². The predicted octanol–water partition coefficient (Wildman–Crippen LogP) is 6.69. The van der Waals surface area contributed by atoms with Gasteiger partial charge in [0.2, 0.25) is 0 Å². The average Bonchev–Trinajstić information content (AvgIpc) is 2.83. The maximum atomic E-state index is 13.6. The Bertz CT molecular complexity index is 1300. The molecule has 9 heteroatoms. The highest BCUT2D eigenvalue weighted by atomic mass is 35.5. The molecule has 0 unspecified atom stereocenters. The van der Waals surface area contributed by atoms with Crippen molar-refractivity contribution < 1.29 is 32.6 Å². The molecule has 5 nitrogen and oxygen atoms in total. The Balaban J connectivity index is 1.80. The Labute approximate surface area is 210 Å². The lowest BCUT2D eigenvalue weighted by Crippen LogP contribution is -2.39. The molecule has 0 saturated heterocycles. The van der Waals surface area contributed by atoms with Gasteiger partial charge in [-0.1, -0.05) is 17.7 Å². The number of benzene rings is 2. The smallest absolute Gasteiger partial charge is 0.416 e. The van der Waals surface area contributed by atoms with Crippen molar-refractivity contribution in [3.8, 4) is 11.5 Å². The van der Waals surface area contributed by atoms with E-state index in [-0.39, 0.29) is 46.6 Å². The van der Waals surface area contributed by atoms with Crippen LogP contribution in [0.3, 0.4) is 0 Å². The maximum Gasteiger partial charge on any atom is 0.416 e. The van der Waals surface area contributed by atoms with Crippen LogP contribution in [0.15, 0.2) is 58.9 Å². The number of hydrogen-bond acceptors (Lipinski definition) is 5. The van der Waals surface area contributed by atoms with Gasteiger partial charge in [-0.15, -0.1) is 0 Å². The molecule has 3 aliphatic rings. The molecule has 0 bridgehead atoms. The van der Waals surface area contributed by atoms with Gasteiger partial charge in [0, 0.05) is 58.1 Å². The van der Waals surface area contributed by atoms with Gasteiger partial charge in [-0.25, -0.2) is 0 Å². The van der Waals surface area contributed by atoms with Crippen molar-refractivity contribution in [1.29, 1.82) is 0 Å². The molecule has 2 aromatic carbocycles. The van der Waals surface area contributed by atoms with Crippen molar-refractivity contribution in [1.82, 2.24) is 0 Å². The summed E-state index contributed by atoms with van der Waals surface area (Å²) < 4.78 is 45.9. The minimum atomic E-state index is -4.54. The molecular formula is C27H23ClF3NO4. The fourth-order valence-corrected chi connectivity index (χ4v) is 5.77. The number of phenols is 1. The molecule has 2 aliphatic carbocycles. The highest BCUT2D eigenvalue weighted by molar-refractivity contribution is 6.32. The standard InChI is InChI=1S/C27H23ClF3NO4/c1-36-23-12-16(17(28)13-22(23)35)24-25-18(7-3-9-20(25)33)32(19-8-4-10-21(34)26(19)24)15-6-2-5-14(11-15)27(29,30)31/h2,5-6,11-13,24,35H,3-4,7-10H2,1H3. The first-order chi connectivity index (χ1) is 17.1. The van der Waals surface area contributed by atoms with Gasteiger partial charge >= 0.3 is 6.18 Å². The second-order valence-corrected chi connectivity index (χ2v) is 9.54. The van der Waals surface area contributed by atoms with Gasteiger partial charge in [0.25, 0.3) is 0 Å². The van der Waals surface area contributed by atoms with Gasteiger partial charge in [-0.05, 0) is 55.5 Å². The van der Waals surface area contributed by atoms with E-state index in [0.717, 1.165) is 12.1 Å². The average molecular weight is 518 g/mol. The molecule has 1 aliphatic heterocycles. The minimum Gasteiger partial charge on any atom is -0.504 e. The van der Waals surface area contributed by atoms with Crippen LogP contribution in [0.1, 0.15) is 55.6 Å². The van der Waals surface area contributed by atoms with Crippen molar-refractivity contribution in [2.75, 3.05) is 12.0 Å². The number of alkyl halides is 3. The molecule has 0 aromatic heterocycles. The fourth-order valence-electron chi connectivity index (χ4n) is 5.51. The van der Waals surface area contributed by atoms with Crippen LogP contribution >= 0.6 is 11.6 Å². The number of carbonyl (C=O) groups excluding carboxylic acids is 2. The largest absolute Gasteiger partial charge is 0.504 e. The second-order valence-electron chi connectivity index (χ2n) is 9.14. The van der Waals surface area contributed by atoms with Gasteiger partial charge in [0.15, 0.2) is 23.1 Å². The highest BCUT2D eigenvalue weighted by Gasteiger charge is 2.45. The molecule has 0 saturated carbocycles. The van der Waals surface area contributed by atoms with Crippen LogP contribution < -0.4 is 9.64 Å². The number of Topliss-reactive ketones (excluding diaryl/α,β-unsaturated/α-hetero) is 2. The van der Waals surface area contributed by atoms with Crippen LogP contribution in [0.5, 0.6) is 11.5 Å². The zero-order valence-electron chi connectivity index (χ0n) is 19.4. The molecule has 0 fully saturated rings. The van der Waals surface area contributed by atoms with E-state index in [2.05, 4.69) is 0 Å². The lowest BCUT2D eigenvalue weighted by Gasteiger charge is -2.44. The zero-order chi connectivity index (χ0) is 25.8. The van der Waals surface area contributed by atoms with Gasteiger partial charge in [-0.3, -0.25) is 9.59 Å². The van der Waals surface area contributed by atoms with Gasteiger partial charge in [-0.2, -0.15) is 13.2 Å². The number of anilines is 1. The van der Waals surface area contributed by atoms with Crippen molar-refractivity contribution in [3.05, 3.63) is 75.1 Å². The first-order valence-electron chi connectivity index (χ1n) is 11.7. The number of hydrogen-bond donors (Lipinski definition) is 1. The second kappa shape index (κ2) is 9.00. The normalized spacial score (nSPS) is 19.0. The summed E-state index contributed by atoms with van der Waals surface area (Å²) >= 11 is 6.55. The third kappa shape index (κ3) is 3.97. The third-order valence-corrected chi connectivity index (χ3v) is 7.34. The molecule has 0 spiro atoms. The van der Waals surface area contributed by atoms with Crippen molar-refractivity contribution in [2.45, 2.75) is 50.6 Å². The number of ketones is 2. The molecule has 1 N–H and O–H groups in total. The van der Waals surface area contributed by atoms with Gasteiger partial charge < -0.3 is 14.7 Å². The molecule has 1 heterocycles. The first kappa shape index (κ1) is 24.4. The summed E-state index contributed by atoms with van der Waals surface area (Å²) in [6.07, 6.45) is -2.00. The molecule has 0 amide bonds. The number of ether oxygens (including phenoxy) is 1. The number of phenolic OH excluding ortho intramolecular Hbond substituents is 1. The number of allylic oxidation sites excluding steroid dienone is 4. The van der Waals surface area contributed by atoms with Gasteiger partial charge in [0.05, 0.1) is 12.7 Å². The first-order valence-corrected chi connectivity index (χ1v) is 12.1. The lowest BCUT2D eigenvalue weighted by atomic mass is 9.70. The number of aromatic hydroxyl groups is 1. The zero-order valence-corrected chi connectivity index (χ0v) is 20.2. The fraction of sp³-hybridized carbons (Fsp3) is 0.333. The lowest BCUT2D eigenvalue weighted by molar-refractivity contribution is -0.137. The Hall–Kier alpha value is -3.26. The van der Waals surface area contributed by atoms with Crippen molar-refractivity contribution in [2.24, 2.45) is 0 Å². The van der Waals surface area contributed by atoms with Crippen LogP contribution in [-0.4, -0.2) is 23.8 Å². The van der Waals surface area contributed by atoms with E-state index in [1.165, 1.54) is 25.3 Å². The minimum absolute atomic E-state index is 0.144. The molecule has 2 aromatic rings. The summed E-state index contributed by atoms with van der Waals surface area (Å²) in [5.74, 6) is -1.18. The highest BCUT2D eigenvalue weighted by Crippen LogP contribution is 2.53. The number of carbonyl (C=O) groups is 2. The summed E-state index contributed by atoms with van der Waals surface area (Å²) in [5.41, 5.74) is 1.81. The van der Waals surface area contributed by atoms with Crippen LogP contribution in [-0.2, 0) is 15.8 Å². The quantitative estimate of drug-likeness (QED) is 0.491. The van der Waals surface area contributed by atoms with E-state index < -0.39 is 17.7 Å². The number of methoxy groups -OCH3 is 1.